The predicted octanol–water partition coefficient (Wildman–Crippen LogP) is 2.94. The van der Waals surface area contributed by atoms with Crippen molar-refractivity contribution >= 4 is 17.5 Å². The van der Waals surface area contributed by atoms with Gasteiger partial charge in [-0.1, -0.05) is 0 Å². The summed E-state index contributed by atoms with van der Waals surface area (Å²) in [4.78, 5) is 29.6. The molecule has 3 heterocycles. The Morgan fingerprint density at radius 2 is 1.94 bits per heavy atom. The number of carbonyl (C=O) groups is 1. The zero-order valence-corrected chi connectivity index (χ0v) is 18.0. The number of hydrogen-bond acceptors (Lipinski definition) is 6. The first-order chi connectivity index (χ1) is 15.0. The van der Waals surface area contributed by atoms with Gasteiger partial charge < -0.3 is 19.7 Å². The fourth-order valence-electron chi connectivity index (χ4n) is 3.71. The summed E-state index contributed by atoms with van der Waals surface area (Å²) in [7, 11) is 2.01. The van der Waals surface area contributed by atoms with Gasteiger partial charge in [0.2, 0.25) is 5.95 Å². The molecule has 1 aromatic carbocycles. The number of amides is 1. The number of piperazine rings is 1. The van der Waals surface area contributed by atoms with Gasteiger partial charge in [0.25, 0.3) is 5.91 Å². The fraction of sp³-hybridized carbons (Fsp3) is 0.364. The molecular weight excluding hydrogens is 397 g/mol. The van der Waals surface area contributed by atoms with Crippen molar-refractivity contribution in [3.63, 3.8) is 0 Å². The third-order valence-electron chi connectivity index (χ3n) is 5.54. The van der Waals surface area contributed by atoms with Crippen molar-refractivity contribution < 1.29 is 9.18 Å². The number of nitrogens with zero attached hydrogens (tertiary/aromatic N) is 6. The molecule has 4 rings (SSSR count). The van der Waals surface area contributed by atoms with E-state index < -0.39 is 5.82 Å². The third kappa shape index (κ3) is 4.41. The lowest BCUT2D eigenvalue weighted by Crippen LogP contribution is -2.47. The zero-order chi connectivity index (χ0) is 22.0. The molecule has 0 bridgehead atoms. The molecule has 1 amide bonds. The van der Waals surface area contributed by atoms with Crippen molar-refractivity contribution in [3.8, 4) is 11.4 Å². The Hall–Kier alpha value is -3.33. The van der Waals surface area contributed by atoms with Crippen molar-refractivity contribution in [2.45, 2.75) is 20.4 Å². The van der Waals surface area contributed by atoms with Gasteiger partial charge in [-0.25, -0.2) is 19.3 Å². The largest absolute Gasteiger partial charge is 0.336 e. The highest BCUT2D eigenvalue weighted by Gasteiger charge is 2.23. The molecule has 1 fully saturated rings. The standard InChI is InChI=1S/C22H26FN7O/c1-4-30-15(2)25-14-20(30)19-7-8-24-22(27-19)26-16-5-6-17(18(23)13-16)21(31)29-11-9-28(3)10-12-29/h5-8,13-14H,4,9-12H2,1-3H3,(H,24,26,27). The van der Waals surface area contributed by atoms with E-state index in [1.54, 1.807) is 23.4 Å². The van der Waals surface area contributed by atoms with E-state index in [4.69, 9.17) is 0 Å². The van der Waals surface area contributed by atoms with E-state index >= 15 is 0 Å². The maximum Gasteiger partial charge on any atom is 0.256 e. The third-order valence-corrected chi connectivity index (χ3v) is 5.54. The maximum absolute atomic E-state index is 14.7. The van der Waals surface area contributed by atoms with Gasteiger partial charge in [0.05, 0.1) is 23.1 Å². The molecule has 162 valence electrons. The minimum atomic E-state index is -0.565. The highest BCUT2D eigenvalue weighted by Crippen LogP contribution is 2.22. The number of anilines is 2. The van der Waals surface area contributed by atoms with Gasteiger partial charge in [0.15, 0.2) is 0 Å². The number of aromatic nitrogens is 4. The molecule has 2 aromatic heterocycles. The number of aryl methyl sites for hydroxylation is 1. The molecule has 0 spiro atoms. The van der Waals surface area contributed by atoms with Crippen LogP contribution in [-0.2, 0) is 6.54 Å². The monoisotopic (exact) mass is 423 g/mol. The summed E-state index contributed by atoms with van der Waals surface area (Å²) in [6, 6.07) is 6.30. The molecule has 0 radical (unpaired) electrons. The van der Waals surface area contributed by atoms with Crippen molar-refractivity contribution in [3.05, 3.63) is 53.9 Å². The van der Waals surface area contributed by atoms with Crippen molar-refractivity contribution in [1.82, 2.24) is 29.3 Å². The quantitative estimate of drug-likeness (QED) is 0.680. The van der Waals surface area contributed by atoms with E-state index in [9.17, 15) is 9.18 Å². The maximum atomic E-state index is 14.7. The second-order valence-corrected chi connectivity index (χ2v) is 7.62. The average molecular weight is 423 g/mol. The SMILES string of the molecule is CCn1c(-c2ccnc(Nc3ccc(C(=O)N4CCN(C)CC4)c(F)c3)n2)cnc1C. The van der Waals surface area contributed by atoms with Crippen molar-refractivity contribution in [2.24, 2.45) is 0 Å². The smallest absolute Gasteiger partial charge is 0.256 e. The number of carbonyl (C=O) groups excluding carboxylic acids is 1. The van der Waals surface area contributed by atoms with Crippen LogP contribution in [0, 0.1) is 12.7 Å². The van der Waals surface area contributed by atoms with Crippen LogP contribution in [0.4, 0.5) is 16.0 Å². The lowest BCUT2D eigenvalue weighted by atomic mass is 10.1. The lowest BCUT2D eigenvalue weighted by molar-refractivity contribution is 0.0659. The summed E-state index contributed by atoms with van der Waals surface area (Å²) in [5.74, 6) is 0.410. The summed E-state index contributed by atoms with van der Waals surface area (Å²) in [6.07, 6.45) is 3.43. The number of imidazole rings is 1. The van der Waals surface area contributed by atoms with E-state index in [-0.39, 0.29) is 11.5 Å². The average Bonchev–Trinajstić information content (AvgIpc) is 3.14. The van der Waals surface area contributed by atoms with Crippen LogP contribution >= 0.6 is 0 Å². The first-order valence-corrected chi connectivity index (χ1v) is 10.4. The number of rotatable bonds is 5. The Bertz CT molecular complexity index is 1090. The molecule has 1 N–H and O–H groups in total. The summed E-state index contributed by atoms with van der Waals surface area (Å²) >= 11 is 0. The van der Waals surface area contributed by atoms with Crippen LogP contribution in [0.5, 0.6) is 0 Å². The first kappa shape index (κ1) is 20.9. The normalized spacial score (nSPS) is 14.6. The van der Waals surface area contributed by atoms with Crippen molar-refractivity contribution in [1.29, 1.82) is 0 Å². The molecule has 8 nitrogen and oxygen atoms in total. The van der Waals surface area contributed by atoms with Crippen LogP contribution in [0.3, 0.4) is 0 Å². The number of likely N-dealkylation sites (N-methyl/N-ethyl adjacent to an activating group) is 1. The van der Waals surface area contributed by atoms with Gasteiger partial charge in [-0.2, -0.15) is 0 Å². The van der Waals surface area contributed by atoms with E-state index in [2.05, 4.69) is 29.7 Å². The fourth-order valence-corrected chi connectivity index (χ4v) is 3.71. The number of hydrogen-bond donors (Lipinski definition) is 1. The van der Waals surface area contributed by atoms with Crippen LogP contribution < -0.4 is 5.32 Å². The van der Waals surface area contributed by atoms with Crippen LogP contribution in [0.2, 0.25) is 0 Å². The van der Waals surface area contributed by atoms with Gasteiger partial charge in [-0.05, 0) is 45.2 Å². The highest BCUT2D eigenvalue weighted by atomic mass is 19.1. The minimum Gasteiger partial charge on any atom is -0.336 e. The molecule has 0 unspecified atom stereocenters. The lowest BCUT2D eigenvalue weighted by Gasteiger charge is -2.32. The molecule has 1 aliphatic heterocycles. The van der Waals surface area contributed by atoms with Gasteiger partial charge in [0, 0.05) is 44.6 Å². The zero-order valence-electron chi connectivity index (χ0n) is 18.0. The molecule has 1 saturated heterocycles. The second kappa shape index (κ2) is 8.81. The first-order valence-electron chi connectivity index (χ1n) is 10.4. The Kier molecular flexibility index (Phi) is 5.94. The summed E-state index contributed by atoms with van der Waals surface area (Å²) in [6.45, 7) is 7.55. The summed E-state index contributed by atoms with van der Waals surface area (Å²) < 4.78 is 16.8. The van der Waals surface area contributed by atoms with Gasteiger partial charge in [-0.3, -0.25) is 4.79 Å². The molecular formula is C22H26FN7O. The predicted molar refractivity (Wildman–Crippen MR) is 117 cm³/mol. The number of nitrogens with one attached hydrogen (secondary N) is 1. The molecule has 0 atom stereocenters. The highest BCUT2D eigenvalue weighted by molar-refractivity contribution is 5.95. The molecule has 31 heavy (non-hydrogen) atoms. The van der Waals surface area contributed by atoms with E-state index in [1.807, 2.05) is 27.0 Å². The topological polar surface area (TPSA) is 79.2 Å². The van der Waals surface area contributed by atoms with E-state index in [1.165, 1.54) is 12.1 Å². The summed E-state index contributed by atoms with van der Waals surface area (Å²) in [5.41, 5.74) is 2.17. The number of benzene rings is 1. The van der Waals surface area contributed by atoms with E-state index in [0.717, 1.165) is 36.8 Å². The molecule has 3 aromatic rings. The Balaban J connectivity index is 1.51. The number of halogens is 1. The molecule has 0 aliphatic carbocycles. The Labute approximate surface area is 180 Å². The Morgan fingerprint density at radius 3 is 2.65 bits per heavy atom. The van der Waals surface area contributed by atoms with Crippen LogP contribution in [0.25, 0.3) is 11.4 Å². The molecule has 1 aliphatic rings. The second-order valence-electron chi connectivity index (χ2n) is 7.62. The molecule has 0 saturated carbocycles. The van der Waals surface area contributed by atoms with Gasteiger partial charge in [-0.15, -0.1) is 0 Å². The Morgan fingerprint density at radius 1 is 1.16 bits per heavy atom. The van der Waals surface area contributed by atoms with Gasteiger partial charge >= 0.3 is 0 Å². The van der Waals surface area contributed by atoms with Crippen molar-refractivity contribution in [2.75, 3.05) is 38.5 Å². The van der Waals surface area contributed by atoms with Crippen LogP contribution in [0.15, 0.2) is 36.7 Å². The summed E-state index contributed by atoms with van der Waals surface area (Å²) in [5, 5.41) is 3.03. The van der Waals surface area contributed by atoms with Crippen LogP contribution in [-0.4, -0.2) is 68.5 Å². The van der Waals surface area contributed by atoms with E-state index in [0.29, 0.717) is 24.7 Å². The van der Waals surface area contributed by atoms with Gasteiger partial charge in [0.1, 0.15) is 11.6 Å². The molecule has 9 heteroatoms. The van der Waals surface area contributed by atoms with Crippen LogP contribution in [0.1, 0.15) is 23.1 Å². The minimum absolute atomic E-state index is 0.0760.